The minimum absolute atomic E-state index is 0.0109. The first kappa shape index (κ1) is 34.4. The molecule has 0 atom stereocenters. The van der Waals surface area contributed by atoms with E-state index in [9.17, 15) is 8.42 Å². The highest BCUT2D eigenvalue weighted by Crippen LogP contribution is 2.42. The number of ether oxygens (including phenoxy) is 1. The van der Waals surface area contributed by atoms with Crippen molar-refractivity contribution in [3.05, 3.63) is 58.7 Å². The van der Waals surface area contributed by atoms with Crippen molar-refractivity contribution in [2.75, 3.05) is 23.7 Å². The molecule has 1 fully saturated rings. The van der Waals surface area contributed by atoms with Gasteiger partial charge in [-0.3, -0.25) is 0 Å². The largest absolute Gasteiger partial charge is 0.495 e. The van der Waals surface area contributed by atoms with E-state index in [1.807, 2.05) is 21.7 Å². The Morgan fingerprint density at radius 3 is 2.20 bits per heavy atom. The van der Waals surface area contributed by atoms with Crippen molar-refractivity contribution in [1.29, 1.82) is 0 Å². The number of sulfone groups is 1. The first-order chi connectivity index (χ1) is 20.2. The second kappa shape index (κ2) is 12.4. The van der Waals surface area contributed by atoms with Crippen LogP contribution in [0.25, 0.3) is 0 Å². The van der Waals surface area contributed by atoms with E-state index in [1.54, 1.807) is 46.0 Å². The van der Waals surface area contributed by atoms with Gasteiger partial charge in [0.2, 0.25) is 5.95 Å². The van der Waals surface area contributed by atoms with Crippen molar-refractivity contribution in [2.45, 2.75) is 66.0 Å². The normalized spacial score (nSPS) is 15.8. The molecule has 3 N–H and O–H groups in total. The van der Waals surface area contributed by atoms with Crippen molar-refractivity contribution >= 4 is 91.7 Å². The Labute approximate surface area is 273 Å². The van der Waals surface area contributed by atoms with Gasteiger partial charge in [0, 0.05) is 4.65 Å². The highest BCUT2D eigenvalue weighted by molar-refractivity contribution is 7.94. The summed E-state index contributed by atoms with van der Waals surface area (Å²) in [7, 11) is 9.11. The highest BCUT2D eigenvalue weighted by Gasteiger charge is 2.35. The monoisotopic (exact) mass is 629 g/mol. The summed E-state index contributed by atoms with van der Waals surface area (Å²) in [5, 5.41) is 10.2. The van der Waals surface area contributed by atoms with Crippen molar-refractivity contribution in [1.82, 2.24) is 15.3 Å². The fourth-order valence-corrected chi connectivity index (χ4v) is 6.82. The van der Waals surface area contributed by atoms with Gasteiger partial charge in [0.05, 0.1) is 51.5 Å². The van der Waals surface area contributed by atoms with Crippen molar-refractivity contribution in [2.24, 2.45) is 0 Å². The maximum Gasteiger partial charge on any atom is 0.229 e. The van der Waals surface area contributed by atoms with Gasteiger partial charge in [-0.05, 0) is 74.9 Å². The van der Waals surface area contributed by atoms with Crippen molar-refractivity contribution < 1.29 is 13.2 Å². The molecule has 16 heteroatoms. The quantitative estimate of drug-likeness (QED) is 0.264. The third kappa shape index (κ3) is 7.65. The van der Waals surface area contributed by atoms with Gasteiger partial charge in [0.15, 0.2) is 23.5 Å². The smallest absolute Gasteiger partial charge is 0.229 e. The zero-order chi connectivity index (χ0) is 32.7. The van der Waals surface area contributed by atoms with Crippen LogP contribution in [0.5, 0.6) is 5.75 Å². The molecule has 8 nitrogen and oxygen atoms in total. The SMILES string of the molecule is BC(C)(C)Oc1cc(C2(B)CCNCC2)c(C(B)(B)B)cc1Nc1ncc(Cl)c(Nc2ccccc2S(=O)(=O)C(B)(C)C)n1. The molecule has 0 spiro atoms. The topological polar surface area (TPSA) is 105 Å². The van der Waals surface area contributed by atoms with Crippen molar-refractivity contribution in [3.63, 3.8) is 0 Å². The van der Waals surface area contributed by atoms with E-state index in [4.69, 9.17) is 16.3 Å². The van der Waals surface area contributed by atoms with E-state index in [-0.39, 0.29) is 26.2 Å². The fourth-order valence-electron chi connectivity index (χ4n) is 5.36. The summed E-state index contributed by atoms with van der Waals surface area (Å²) in [6.45, 7) is 9.38. The van der Waals surface area contributed by atoms with Crippen LogP contribution in [0.15, 0.2) is 47.5 Å². The number of para-hydroxylation sites is 1. The number of hydrogen-bond acceptors (Lipinski definition) is 8. The van der Waals surface area contributed by atoms with E-state index in [0.29, 0.717) is 11.6 Å². The molecule has 0 aliphatic carbocycles. The maximum atomic E-state index is 13.4. The predicted molar refractivity (Wildman–Crippen MR) is 199 cm³/mol. The number of aromatic nitrogens is 2. The van der Waals surface area contributed by atoms with Gasteiger partial charge in [0.1, 0.15) is 26.5 Å². The molecule has 1 aliphatic rings. The Kier molecular flexibility index (Phi) is 9.66. The van der Waals surface area contributed by atoms with Gasteiger partial charge in [-0.25, -0.2) is 13.4 Å². The molecular formula is C28H42B6ClN5O3S. The average molecular weight is 629 g/mol. The molecule has 0 amide bonds. The number of anilines is 4. The Balaban J connectivity index is 1.79. The lowest BCUT2D eigenvalue weighted by Gasteiger charge is -2.40. The molecule has 0 radical (unpaired) electrons. The maximum absolute atomic E-state index is 13.4. The summed E-state index contributed by atoms with van der Waals surface area (Å²) in [6.07, 6.45) is 3.58. The van der Waals surface area contributed by atoms with Gasteiger partial charge in [-0.2, -0.15) is 4.98 Å². The van der Waals surface area contributed by atoms with E-state index in [1.165, 1.54) is 17.3 Å². The lowest BCUT2D eigenvalue weighted by Crippen LogP contribution is -2.43. The van der Waals surface area contributed by atoms with Gasteiger partial charge in [0.25, 0.3) is 0 Å². The van der Waals surface area contributed by atoms with Crippen LogP contribution < -0.4 is 20.7 Å². The summed E-state index contributed by atoms with van der Waals surface area (Å²) in [4.78, 5) is 9.32. The number of nitrogens with one attached hydrogen (secondary N) is 3. The Morgan fingerprint density at radius 2 is 1.61 bits per heavy atom. The van der Waals surface area contributed by atoms with Crippen LogP contribution in [-0.2, 0) is 20.3 Å². The number of halogens is 1. The molecule has 1 aromatic heterocycles. The first-order valence-corrected chi connectivity index (χ1v) is 17.1. The van der Waals surface area contributed by atoms with E-state index in [0.717, 1.165) is 37.4 Å². The minimum Gasteiger partial charge on any atom is -0.495 e. The Bertz CT molecular complexity index is 1640. The van der Waals surface area contributed by atoms with Crippen LogP contribution >= 0.6 is 11.6 Å². The summed E-state index contributed by atoms with van der Waals surface area (Å²) in [5.74, 6) is 1.30. The summed E-state index contributed by atoms with van der Waals surface area (Å²) >= 11 is 6.54. The third-order valence-electron chi connectivity index (χ3n) is 7.93. The number of rotatable bonds is 10. The minimum atomic E-state index is -3.64. The van der Waals surface area contributed by atoms with Crippen LogP contribution in [0.4, 0.5) is 23.1 Å². The molecule has 2 aromatic carbocycles. The average Bonchev–Trinajstić information content (AvgIpc) is 2.90. The number of hydrogen-bond donors (Lipinski definition) is 3. The van der Waals surface area contributed by atoms with Crippen LogP contribution in [0, 0.1) is 0 Å². The van der Waals surface area contributed by atoms with E-state index in [2.05, 4.69) is 69.4 Å². The molecule has 4 rings (SSSR count). The summed E-state index contributed by atoms with van der Waals surface area (Å²) in [5.41, 5.74) is 3.23. The Hall–Kier alpha value is -2.49. The molecular weight excluding hydrogens is 587 g/mol. The molecule has 0 bridgehead atoms. The number of nitrogens with zero attached hydrogens (tertiary/aromatic N) is 2. The van der Waals surface area contributed by atoms with E-state index < -0.39 is 20.0 Å². The standard InChI is InChI=1S/C28H42B6ClN5O3S/c1-25(2,29)43-21-14-16(27(31)9-11-36-12-10-27)17(28(32,33)34)13-20(21)39-24-37-15-18(35)23(40-24)38-19-7-5-6-8-22(19)44(41,42)26(3,4)30/h5-8,13-15,36H,9-12,29-34H2,1-4H3,(H2,37,38,39,40). The van der Waals surface area contributed by atoms with Gasteiger partial charge >= 0.3 is 0 Å². The molecule has 44 heavy (non-hydrogen) atoms. The molecule has 1 saturated heterocycles. The molecule has 3 aromatic rings. The lowest BCUT2D eigenvalue weighted by molar-refractivity contribution is 0.199. The molecule has 0 saturated carbocycles. The van der Waals surface area contributed by atoms with Gasteiger partial charge < -0.3 is 20.7 Å². The summed E-state index contributed by atoms with van der Waals surface area (Å²) < 4.78 is 32.3. The first-order valence-electron chi connectivity index (χ1n) is 15.2. The lowest BCUT2D eigenvalue weighted by atomic mass is 9.38. The second-order valence-corrected chi connectivity index (χ2v) is 18.0. The third-order valence-corrected chi connectivity index (χ3v) is 10.8. The van der Waals surface area contributed by atoms with Crippen LogP contribution in [0.3, 0.4) is 0 Å². The zero-order valence-corrected chi connectivity index (χ0v) is 29.3. The van der Waals surface area contributed by atoms with Crippen LogP contribution in [0.1, 0.15) is 51.7 Å². The highest BCUT2D eigenvalue weighted by atomic mass is 35.5. The van der Waals surface area contributed by atoms with Crippen molar-refractivity contribution in [3.8, 4) is 5.75 Å². The second-order valence-electron chi connectivity index (χ2n) is 14.9. The van der Waals surface area contributed by atoms with Gasteiger partial charge in [-0.1, -0.05) is 48.3 Å². The summed E-state index contributed by atoms with van der Waals surface area (Å²) in [6, 6.07) is 11.1. The molecule has 1 aliphatic heterocycles. The Morgan fingerprint density at radius 1 is 0.977 bits per heavy atom. The fraction of sp³-hybridized carbons (Fsp3) is 0.429. The zero-order valence-electron chi connectivity index (χ0n) is 27.8. The van der Waals surface area contributed by atoms with Crippen LogP contribution in [-0.4, -0.2) is 88.7 Å². The van der Waals surface area contributed by atoms with Gasteiger partial charge in [-0.15, -0.1) is 0 Å². The number of benzene rings is 2. The van der Waals surface area contributed by atoms with E-state index >= 15 is 0 Å². The molecule has 228 valence electrons. The number of piperidine rings is 1. The molecule has 0 unspecified atom stereocenters. The predicted octanol–water partition coefficient (Wildman–Crippen LogP) is -0.271. The van der Waals surface area contributed by atoms with Crippen LogP contribution in [0.2, 0.25) is 5.02 Å². The molecule has 2 heterocycles.